The number of nitriles is 1. The number of fused-ring (bicyclic) bond motifs is 1. The summed E-state index contributed by atoms with van der Waals surface area (Å²) < 4.78 is 10.9. The van der Waals surface area contributed by atoms with Crippen molar-refractivity contribution in [3.8, 4) is 11.8 Å². The number of carbonyl (C=O) groups is 2. The number of hydrogen-bond donors (Lipinski definition) is 1. The van der Waals surface area contributed by atoms with Gasteiger partial charge in [0.15, 0.2) is 0 Å². The Hall–Kier alpha value is -3.90. The molecule has 1 aliphatic rings. The summed E-state index contributed by atoms with van der Waals surface area (Å²) in [7, 11) is 1.62. The molecular weight excluding hydrogens is 488 g/mol. The number of rotatable bonds is 8. The van der Waals surface area contributed by atoms with Crippen molar-refractivity contribution in [1.29, 1.82) is 5.26 Å². The lowest BCUT2D eigenvalue weighted by molar-refractivity contribution is -0.116. The van der Waals surface area contributed by atoms with Crippen molar-refractivity contribution in [2.45, 2.75) is 45.6 Å². The van der Waals surface area contributed by atoms with Gasteiger partial charge in [-0.1, -0.05) is 24.6 Å². The topological polar surface area (TPSA) is 105 Å². The predicted octanol–water partition coefficient (Wildman–Crippen LogP) is 5.20. The van der Waals surface area contributed by atoms with Gasteiger partial charge in [-0.15, -0.1) is 11.3 Å². The maximum atomic E-state index is 12.9. The number of nitrogens with zero attached hydrogens (tertiary/aromatic N) is 3. The van der Waals surface area contributed by atoms with Crippen molar-refractivity contribution in [3.05, 3.63) is 75.4 Å². The van der Waals surface area contributed by atoms with Gasteiger partial charge in [-0.05, 0) is 54.2 Å². The van der Waals surface area contributed by atoms with E-state index in [1.54, 1.807) is 24.4 Å². The highest BCUT2D eigenvalue weighted by Gasteiger charge is 2.28. The van der Waals surface area contributed by atoms with Gasteiger partial charge in [-0.3, -0.25) is 9.78 Å². The van der Waals surface area contributed by atoms with Crippen LogP contribution in [0.4, 0.5) is 9.80 Å². The summed E-state index contributed by atoms with van der Waals surface area (Å²) in [5, 5.41) is 13.3. The number of anilines is 1. The summed E-state index contributed by atoms with van der Waals surface area (Å²) in [6, 6.07) is 12.0. The molecule has 9 heteroatoms. The van der Waals surface area contributed by atoms with E-state index in [-0.39, 0.29) is 30.9 Å². The smallest absolute Gasteiger partial charge is 0.410 e. The molecule has 1 atom stereocenters. The van der Waals surface area contributed by atoms with E-state index in [9.17, 15) is 14.9 Å². The van der Waals surface area contributed by atoms with Gasteiger partial charge >= 0.3 is 6.09 Å². The van der Waals surface area contributed by atoms with Crippen LogP contribution < -0.4 is 10.1 Å². The first-order valence-corrected chi connectivity index (χ1v) is 13.0. The minimum atomic E-state index is -0.377. The molecule has 37 heavy (non-hydrogen) atoms. The zero-order valence-corrected chi connectivity index (χ0v) is 22.1. The van der Waals surface area contributed by atoms with Crippen molar-refractivity contribution >= 4 is 28.3 Å². The highest BCUT2D eigenvalue weighted by atomic mass is 32.1. The van der Waals surface area contributed by atoms with Gasteiger partial charge in [-0.2, -0.15) is 5.26 Å². The van der Waals surface area contributed by atoms with Crippen molar-refractivity contribution in [2.75, 3.05) is 25.6 Å². The van der Waals surface area contributed by atoms with E-state index in [0.717, 1.165) is 32.9 Å². The van der Waals surface area contributed by atoms with Crippen LogP contribution in [0.3, 0.4) is 0 Å². The molecule has 1 aromatic carbocycles. The summed E-state index contributed by atoms with van der Waals surface area (Å²) in [6.45, 7) is 5.09. The zero-order valence-electron chi connectivity index (χ0n) is 21.2. The first-order valence-electron chi connectivity index (χ1n) is 12.2. The summed E-state index contributed by atoms with van der Waals surface area (Å²) in [5.41, 5.74) is 4.51. The molecule has 0 saturated heterocycles. The number of thiophene rings is 1. The first kappa shape index (κ1) is 26.2. The third kappa shape index (κ3) is 6.27. The van der Waals surface area contributed by atoms with Crippen LogP contribution in [0.15, 0.2) is 42.7 Å². The van der Waals surface area contributed by atoms with Crippen molar-refractivity contribution in [2.24, 2.45) is 0 Å². The number of aryl methyl sites for hydroxylation is 1. The Morgan fingerprint density at radius 3 is 2.78 bits per heavy atom. The number of nitrogens with one attached hydrogen (secondary N) is 1. The number of benzene rings is 1. The average molecular weight is 519 g/mol. The van der Waals surface area contributed by atoms with Crippen molar-refractivity contribution < 1.29 is 19.1 Å². The van der Waals surface area contributed by atoms with Crippen LogP contribution in [-0.4, -0.2) is 42.1 Å². The molecule has 0 fully saturated rings. The maximum Gasteiger partial charge on any atom is 0.410 e. The summed E-state index contributed by atoms with van der Waals surface area (Å²) >= 11 is 1.35. The lowest BCUT2D eigenvalue weighted by Gasteiger charge is -2.26. The van der Waals surface area contributed by atoms with Crippen LogP contribution in [0.5, 0.6) is 5.75 Å². The normalized spacial score (nSPS) is 13.3. The third-order valence-corrected chi connectivity index (χ3v) is 7.59. The second-order valence-corrected chi connectivity index (χ2v) is 10.2. The van der Waals surface area contributed by atoms with Gasteiger partial charge in [0.25, 0.3) is 0 Å². The van der Waals surface area contributed by atoms with Crippen LogP contribution in [-0.2, 0) is 28.9 Å². The number of amides is 2. The average Bonchev–Trinajstić information content (AvgIpc) is 3.24. The van der Waals surface area contributed by atoms with Gasteiger partial charge in [-0.25, -0.2) is 4.79 Å². The Bertz CT molecular complexity index is 1320. The Morgan fingerprint density at radius 2 is 2.05 bits per heavy atom. The van der Waals surface area contributed by atoms with Gasteiger partial charge in [0.05, 0.1) is 25.8 Å². The van der Waals surface area contributed by atoms with E-state index in [1.807, 2.05) is 44.2 Å². The van der Waals surface area contributed by atoms with E-state index in [4.69, 9.17) is 9.47 Å². The van der Waals surface area contributed by atoms with Gasteiger partial charge in [0, 0.05) is 36.7 Å². The van der Waals surface area contributed by atoms with E-state index in [2.05, 4.69) is 16.4 Å². The SMILES string of the molecule is COc1ccc(C)cc1[C@@H](C)CC(=O)Nc1sc2c(c1C#N)CCN(C(=O)OCCc1ccncc1)C2. The van der Waals surface area contributed by atoms with Crippen LogP contribution in [0.1, 0.15) is 52.0 Å². The molecule has 0 spiro atoms. The fourth-order valence-corrected chi connectivity index (χ4v) is 5.70. The second-order valence-electron chi connectivity index (χ2n) is 9.11. The number of carbonyl (C=O) groups excluding carboxylic acids is 2. The molecule has 2 amide bonds. The predicted molar refractivity (Wildman–Crippen MR) is 142 cm³/mol. The molecule has 1 N–H and O–H groups in total. The van der Waals surface area contributed by atoms with Crippen LogP contribution >= 0.6 is 11.3 Å². The monoisotopic (exact) mass is 518 g/mol. The van der Waals surface area contributed by atoms with Crippen LogP contribution in [0.2, 0.25) is 0 Å². The highest BCUT2D eigenvalue weighted by Crippen LogP contribution is 2.37. The summed E-state index contributed by atoms with van der Waals surface area (Å²) in [5.74, 6) is 0.522. The van der Waals surface area contributed by atoms with Crippen LogP contribution in [0, 0.1) is 18.3 Å². The van der Waals surface area contributed by atoms with Crippen molar-refractivity contribution in [1.82, 2.24) is 9.88 Å². The lowest BCUT2D eigenvalue weighted by Crippen LogP contribution is -2.36. The molecule has 0 radical (unpaired) electrons. The van der Waals surface area contributed by atoms with Crippen molar-refractivity contribution in [3.63, 3.8) is 0 Å². The van der Waals surface area contributed by atoms with Gasteiger partial charge in [0.1, 0.15) is 16.8 Å². The number of pyridine rings is 1. The fourth-order valence-electron chi connectivity index (χ4n) is 4.47. The standard InChI is InChI=1S/C28H30N4O4S/c1-18-4-5-24(35-3)22(14-18)19(2)15-26(33)31-27-23(16-29)21-8-12-32(17-25(21)37-27)28(34)36-13-9-20-6-10-30-11-7-20/h4-7,10-11,14,19H,8-9,12-13,15,17H2,1-3H3,(H,31,33)/t19-/m0/s1. The number of aromatic nitrogens is 1. The molecule has 2 aromatic heterocycles. The highest BCUT2D eigenvalue weighted by molar-refractivity contribution is 7.16. The zero-order chi connectivity index (χ0) is 26.4. The second kappa shape index (κ2) is 11.9. The van der Waals surface area contributed by atoms with Gasteiger partial charge in [0.2, 0.25) is 5.91 Å². The molecule has 192 valence electrons. The third-order valence-electron chi connectivity index (χ3n) is 6.45. The number of hydrogen-bond acceptors (Lipinski definition) is 7. The Labute approximate surface area is 220 Å². The minimum absolute atomic E-state index is 0.0626. The molecule has 3 heterocycles. The van der Waals surface area contributed by atoms with Gasteiger partial charge < -0.3 is 19.7 Å². The van der Waals surface area contributed by atoms with Crippen LogP contribution in [0.25, 0.3) is 0 Å². The fraction of sp³-hybridized carbons (Fsp3) is 0.357. The molecule has 0 unspecified atom stereocenters. The molecule has 4 rings (SSSR count). The molecule has 0 aliphatic carbocycles. The molecule has 0 bridgehead atoms. The quantitative estimate of drug-likeness (QED) is 0.439. The van der Waals surface area contributed by atoms with E-state index >= 15 is 0 Å². The number of ether oxygens (including phenoxy) is 2. The molecule has 0 saturated carbocycles. The summed E-state index contributed by atoms with van der Waals surface area (Å²) in [6.07, 6.45) is 4.46. The summed E-state index contributed by atoms with van der Waals surface area (Å²) in [4.78, 5) is 32.1. The Morgan fingerprint density at radius 1 is 1.27 bits per heavy atom. The maximum absolute atomic E-state index is 12.9. The number of methoxy groups -OCH3 is 1. The van der Waals surface area contributed by atoms with E-state index in [0.29, 0.717) is 36.5 Å². The molecule has 1 aliphatic heterocycles. The molecular formula is C28H30N4O4S. The Balaban J connectivity index is 1.37. The Kier molecular flexibility index (Phi) is 8.41. The molecule has 3 aromatic rings. The van der Waals surface area contributed by atoms with E-state index < -0.39 is 0 Å². The lowest BCUT2D eigenvalue weighted by atomic mass is 9.95. The van der Waals surface area contributed by atoms with E-state index in [1.165, 1.54) is 11.3 Å². The molecule has 8 nitrogen and oxygen atoms in total. The first-order chi connectivity index (χ1) is 17.9. The minimum Gasteiger partial charge on any atom is -0.496 e. The largest absolute Gasteiger partial charge is 0.496 e.